The Hall–Kier alpha value is -3.28. The summed E-state index contributed by atoms with van der Waals surface area (Å²) in [6.07, 6.45) is 1.81. The summed E-state index contributed by atoms with van der Waals surface area (Å²) < 4.78 is 18.9. The fourth-order valence-electron chi connectivity index (χ4n) is 5.42. The summed E-state index contributed by atoms with van der Waals surface area (Å²) in [6, 6.07) is 37.3. The largest absolute Gasteiger partial charge is 0.386 e. The van der Waals surface area contributed by atoms with Crippen LogP contribution in [0.25, 0.3) is 0 Å². The van der Waals surface area contributed by atoms with E-state index in [-0.39, 0.29) is 18.3 Å². The molecule has 0 aromatic heterocycles. The third kappa shape index (κ3) is 11.0. The number of aliphatic hydroxyl groups excluding tert-OH is 1. The molecular weight excluding hydrogens is 544 g/mol. The first-order valence-electron chi connectivity index (χ1n) is 16.4. The van der Waals surface area contributed by atoms with E-state index in [2.05, 4.69) is 61.5 Å². The molecule has 4 aromatic carbocycles. The number of benzene rings is 4. The van der Waals surface area contributed by atoms with Crippen LogP contribution in [0.5, 0.6) is 0 Å². The molecule has 4 aromatic rings. The van der Waals surface area contributed by atoms with Gasteiger partial charge in [0.25, 0.3) is 0 Å². The maximum Gasteiger partial charge on any atom is 0.106 e. The van der Waals surface area contributed by atoms with Crippen molar-refractivity contribution < 1.29 is 19.3 Å². The zero-order chi connectivity index (χ0) is 31.6. The first kappa shape index (κ1) is 35.2. The van der Waals surface area contributed by atoms with Crippen molar-refractivity contribution in [3.8, 4) is 0 Å². The van der Waals surface area contributed by atoms with Crippen molar-refractivity contribution in [2.24, 2.45) is 0 Å². The van der Waals surface area contributed by atoms with Gasteiger partial charge in [-0.1, -0.05) is 144 Å². The van der Waals surface area contributed by atoms with Gasteiger partial charge in [-0.2, -0.15) is 0 Å². The highest BCUT2D eigenvalue weighted by atomic mass is 16.6. The molecule has 4 nitrogen and oxygen atoms in total. The maximum atomic E-state index is 11.7. The van der Waals surface area contributed by atoms with Crippen molar-refractivity contribution in [1.29, 1.82) is 0 Å². The number of aliphatic hydroxyl groups is 1. The molecular formula is C40H52O4. The lowest BCUT2D eigenvalue weighted by molar-refractivity contribution is -0.169. The second-order valence-corrected chi connectivity index (χ2v) is 10.7. The maximum absolute atomic E-state index is 11.7. The summed E-state index contributed by atoms with van der Waals surface area (Å²) in [5, 5.41) is 11.7. The fraction of sp³-hybridized carbons (Fsp3) is 0.400. The lowest BCUT2D eigenvalue weighted by Crippen LogP contribution is -2.42. The van der Waals surface area contributed by atoms with Crippen molar-refractivity contribution >= 4 is 0 Å². The summed E-state index contributed by atoms with van der Waals surface area (Å²) in [7, 11) is 0. The van der Waals surface area contributed by atoms with Gasteiger partial charge in [-0.15, -0.1) is 0 Å². The van der Waals surface area contributed by atoms with E-state index in [0.717, 1.165) is 41.5 Å². The molecule has 1 aliphatic heterocycles. The second kappa shape index (κ2) is 19.9. The molecule has 1 saturated heterocycles. The third-order valence-electron chi connectivity index (χ3n) is 7.68. The summed E-state index contributed by atoms with van der Waals surface area (Å²) in [4.78, 5) is 0. The minimum Gasteiger partial charge on any atom is -0.386 e. The number of hydrogen-bond acceptors (Lipinski definition) is 4. The molecule has 1 aliphatic rings. The molecule has 1 N–H and O–H groups in total. The summed E-state index contributed by atoms with van der Waals surface area (Å²) in [5.41, 5.74) is 6.87. The molecule has 5 rings (SSSR count). The Bertz CT molecular complexity index is 1290. The second-order valence-electron chi connectivity index (χ2n) is 10.7. The standard InChI is InChI=1S/C36H40O4.2C2H6/c1-2-27-17-19-28(20-18-27)21-31-15-9-10-16-34(31)36(37)35-23-32(39-25-30-13-7-4-8-14-30)22-33(40-35)26-38-24-29-11-5-3-6-12-29;2*1-2/h3-20,32-33,35-37H,2,21-26H2,1H3;2*1-2H3. The minimum atomic E-state index is -0.758. The highest BCUT2D eigenvalue weighted by molar-refractivity contribution is 5.35. The van der Waals surface area contributed by atoms with Gasteiger partial charge in [-0.25, -0.2) is 0 Å². The van der Waals surface area contributed by atoms with E-state index in [1.54, 1.807) is 0 Å². The zero-order valence-electron chi connectivity index (χ0n) is 27.3. The average molecular weight is 597 g/mol. The molecule has 0 amide bonds. The predicted octanol–water partition coefficient (Wildman–Crippen LogP) is 9.28. The first-order chi connectivity index (χ1) is 21.7. The quantitative estimate of drug-likeness (QED) is 0.177. The number of rotatable bonds is 12. The average Bonchev–Trinajstić information content (AvgIpc) is 3.10. The third-order valence-corrected chi connectivity index (χ3v) is 7.68. The lowest BCUT2D eigenvalue weighted by Gasteiger charge is -2.38. The number of hydrogen-bond donors (Lipinski definition) is 1. The van der Waals surface area contributed by atoms with Crippen LogP contribution < -0.4 is 0 Å². The smallest absolute Gasteiger partial charge is 0.106 e. The molecule has 4 unspecified atom stereocenters. The van der Waals surface area contributed by atoms with Crippen molar-refractivity contribution in [3.05, 3.63) is 143 Å². The van der Waals surface area contributed by atoms with Gasteiger partial charge in [-0.3, -0.25) is 0 Å². The van der Waals surface area contributed by atoms with Crippen molar-refractivity contribution in [2.45, 2.75) is 97.9 Å². The molecule has 1 fully saturated rings. The van der Waals surface area contributed by atoms with Crippen LogP contribution in [0.2, 0.25) is 0 Å². The van der Waals surface area contributed by atoms with Crippen LogP contribution in [0, 0.1) is 0 Å². The van der Waals surface area contributed by atoms with Crippen LogP contribution in [-0.4, -0.2) is 30.0 Å². The molecule has 4 heteroatoms. The molecule has 44 heavy (non-hydrogen) atoms. The van der Waals surface area contributed by atoms with E-state index >= 15 is 0 Å². The Labute approximate surface area is 266 Å². The van der Waals surface area contributed by atoms with E-state index in [0.29, 0.717) is 26.2 Å². The molecule has 4 atom stereocenters. The fourth-order valence-corrected chi connectivity index (χ4v) is 5.42. The molecule has 0 saturated carbocycles. The van der Waals surface area contributed by atoms with Gasteiger partial charge < -0.3 is 19.3 Å². The molecule has 0 spiro atoms. The van der Waals surface area contributed by atoms with Crippen LogP contribution in [-0.2, 0) is 40.3 Å². The highest BCUT2D eigenvalue weighted by Crippen LogP contribution is 2.33. The Morgan fingerprint density at radius 1 is 0.682 bits per heavy atom. The van der Waals surface area contributed by atoms with Gasteiger partial charge in [0.15, 0.2) is 0 Å². The number of ether oxygens (including phenoxy) is 3. The van der Waals surface area contributed by atoms with Crippen LogP contribution in [0.15, 0.2) is 109 Å². The van der Waals surface area contributed by atoms with Crippen LogP contribution in [0.1, 0.15) is 86.9 Å². The van der Waals surface area contributed by atoms with E-state index < -0.39 is 6.10 Å². The summed E-state index contributed by atoms with van der Waals surface area (Å²) in [6.45, 7) is 11.7. The Morgan fingerprint density at radius 2 is 1.25 bits per heavy atom. The van der Waals surface area contributed by atoms with Crippen LogP contribution in [0.3, 0.4) is 0 Å². The van der Waals surface area contributed by atoms with Crippen LogP contribution >= 0.6 is 0 Å². The Balaban J connectivity index is 0.00000127. The van der Waals surface area contributed by atoms with E-state index in [9.17, 15) is 5.11 Å². The Kier molecular flexibility index (Phi) is 15.9. The minimum absolute atomic E-state index is 0.0346. The molecule has 0 aliphatic carbocycles. The lowest BCUT2D eigenvalue weighted by atomic mass is 9.90. The van der Waals surface area contributed by atoms with Gasteiger partial charge >= 0.3 is 0 Å². The molecule has 1 heterocycles. The highest BCUT2D eigenvalue weighted by Gasteiger charge is 2.35. The molecule has 0 radical (unpaired) electrons. The van der Waals surface area contributed by atoms with E-state index in [4.69, 9.17) is 14.2 Å². The zero-order valence-corrected chi connectivity index (χ0v) is 27.3. The van der Waals surface area contributed by atoms with Crippen molar-refractivity contribution in [1.82, 2.24) is 0 Å². The van der Waals surface area contributed by atoms with Crippen molar-refractivity contribution in [3.63, 3.8) is 0 Å². The summed E-state index contributed by atoms with van der Waals surface area (Å²) in [5.74, 6) is 0. The monoisotopic (exact) mass is 596 g/mol. The van der Waals surface area contributed by atoms with Gasteiger partial charge in [0.1, 0.15) is 6.10 Å². The first-order valence-corrected chi connectivity index (χ1v) is 16.4. The van der Waals surface area contributed by atoms with E-state index in [1.807, 2.05) is 82.3 Å². The van der Waals surface area contributed by atoms with Gasteiger partial charge in [-0.05, 0) is 46.2 Å². The Morgan fingerprint density at radius 3 is 1.89 bits per heavy atom. The SMILES string of the molecule is CC.CC.CCc1ccc(Cc2ccccc2C(O)C2CC(OCc3ccccc3)CC(COCc3ccccc3)O2)cc1. The van der Waals surface area contributed by atoms with Gasteiger partial charge in [0, 0.05) is 12.8 Å². The van der Waals surface area contributed by atoms with Crippen molar-refractivity contribution in [2.75, 3.05) is 6.61 Å². The van der Waals surface area contributed by atoms with Crippen LogP contribution in [0.4, 0.5) is 0 Å². The summed E-state index contributed by atoms with van der Waals surface area (Å²) >= 11 is 0. The topological polar surface area (TPSA) is 47.9 Å². The predicted molar refractivity (Wildman–Crippen MR) is 182 cm³/mol. The molecule has 0 bridgehead atoms. The normalized spacial score (nSPS) is 18.3. The van der Waals surface area contributed by atoms with Gasteiger partial charge in [0.05, 0.1) is 38.1 Å². The number of aryl methyl sites for hydroxylation is 1. The van der Waals surface area contributed by atoms with E-state index in [1.165, 1.54) is 11.1 Å². The molecule has 236 valence electrons. The van der Waals surface area contributed by atoms with Gasteiger partial charge in [0.2, 0.25) is 0 Å².